The third-order valence-corrected chi connectivity index (χ3v) is 4.10. The minimum Gasteiger partial charge on any atom is -0.480 e. The van der Waals surface area contributed by atoms with Crippen LogP contribution >= 0.6 is 27.7 Å². The van der Waals surface area contributed by atoms with Crippen molar-refractivity contribution in [3.63, 3.8) is 0 Å². The summed E-state index contributed by atoms with van der Waals surface area (Å²) in [7, 11) is 0. The number of carboxylic acid groups (broad SMARTS) is 1. The molecular formula is C12H12BrN3O3S. The minimum atomic E-state index is -1.03. The van der Waals surface area contributed by atoms with Gasteiger partial charge in [0.1, 0.15) is 11.7 Å². The molecule has 0 fully saturated rings. The lowest BCUT2D eigenvalue weighted by molar-refractivity contribution is -0.137. The molecule has 0 aliphatic carbocycles. The van der Waals surface area contributed by atoms with Crippen molar-refractivity contribution in [3.8, 4) is 0 Å². The number of aromatic nitrogens is 2. The molecule has 2 aromatic rings. The summed E-state index contributed by atoms with van der Waals surface area (Å²) in [4.78, 5) is 26.9. The van der Waals surface area contributed by atoms with E-state index in [1.165, 1.54) is 22.2 Å². The van der Waals surface area contributed by atoms with Crippen LogP contribution in [0.25, 0.3) is 5.65 Å². The van der Waals surface area contributed by atoms with Crippen LogP contribution in [-0.4, -0.2) is 32.3 Å². The number of thioether (sulfide) groups is 1. The summed E-state index contributed by atoms with van der Waals surface area (Å²) in [6.45, 7) is 0. The van der Waals surface area contributed by atoms with E-state index in [4.69, 9.17) is 10.8 Å². The Morgan fingerprint density at radius 1 is 1.55 bits per heavy atom. The molecule has 2 heterocycles. The van der Waals surface area contributed by atoms with Crippen molar-refractivity contribution in [2.45, 2.75) is 11.8 Å². The number of carboxylic acids is 1. The Kier molecular flexibility index (Phi) is 4.79. The van der Waals surface area contributed by atoms with Gasteiger partial charge in [0, 0.05) is 28.2 Å². The highest BCUT2D eigenvalue weighted by Gasteiger charge is 2.11. The number of pyridine rings is 1. The summed E-state index contributed by atoms with van der Waals surface area (Å²) in [5.41, 5.74) is 6.40. The van der Waals surface area contributed by atoms with E-state index in [0.29, 0.717) is 17.1 Å². The highest BCUT2D eigenvalue weighted by Crippen LogP contribution is 2.13. The zero-order chi connectivity index (χ0) is 14.7. The van der Waals surface area contributed by atoms with Crippen molar-refractivity contribution < 1.29 is 9.90 Å². The van der Waals surface area contributed by atoms with Gasteiger partial charge in [-0.3, -0.25) is 14.0 Å². The first-order valence-corrected chi connectivity index (χ1v) is 7.66. The monoisotopic (exact) mass is 357 g/mol. The average molecular weight is 358 g/mol. The number of hydrogen-bond donors (Lipinski definition) is 2. The predicted molar refractivity (Wildman–Crippen MR) is 80.9 cm³/mol. The van der Waals surface area contributed by atoms with Crippen molar-refractivity contribution in [2.75, 3.05) is 5.75 Å². The van der Waals surface area contributed by atoms with Crippen LogP contribution in [0.15, 0.2) is 33.7 Å². The molecule has 20 heavy (non-hydrogen) atoms. The van der Waals surface area contributed by atoms with E-state index in [2.05, 4.69) is 20.9 Å². The molecular weight excluding hydrogens is 346 g/mol. The summed E-state index contributed by atoms with van der Waals surface area (Å²) in [6.07, 6.45) is 1.65. The molecule has 3 N–H and O–H groups in total. The molecule has 6 nitrogen and oxygen atoms in total. The van der Waals surface area contributed by atoms with E-state index in [1.54, 1.807) is 18.3 Å². The van der Waals surface area contributed by atoms with Gasteiger partial charge >= 0.3 is 5.97 Å². The number of hydrogen-bond acceptors (Lipinski definition) is 5. The molecule has 106 valence electrons. The van der Waals surface area contributed by atoms with Gasteiger partial charge in [0.15, 0.2) is 0 Å². The molecule has 0 radical (unpaired) electrons. The molecule has 0 amide bonds. The van der Waals surface area contributed by atoms with Gasteiger partial charge in [-0.2, -0.15) is 11.8 Å². The largest absolute Gasteiger partial charge is 0.480 e. The Morgan fingerprint density at radius 3 is 3.00 bits per heavy atom. The van der Waals surface area contributed by atoms with Gasteiger partial charge in [0.05, 0.1) is 5.69 Å². The number of halogens is 1. The Labute approximate surface area is 127 Å². The van der Waals surface area contributed by atoms with E-state index in [-0.39, 0.29) is 11.3 Å². The fourth-order valence-corrected chi connectivity index (χ4v) is 2.77. The molecule has 2 aromatic heterocycles. The maximum absolute atomic E-state index is 11.9. The Morgan fingerprint density at radius 2 is 2.30 bits per heavy atom. The number of carbonyl (C=O) groups is 1. The lowest BCUT2D eigenvalue weighted by atomic mass is 10.4. The second kappa shape index (κ2) is 6.38. The standard InChI is InChI=1S/C12H12BrN3O3S/c13-7-1-2-10-15-8(3-11(17)16(10)4-7)5-20-6-9(14)12(18)19/h1-4,9H,5-6,14H2,(H,18,19). The molecule has 0 spiro atoms. The van der Waals surface area contributed by atoms with Crippen LogP contribution in [0, 0.1) is 0 Å². The van der Waals surface area contributed by atoms with E-state index >= 15 is 0 Å². The first kappa shape index (κ1) is 15.0. The van der Waals surface area contributed by atoms with Gasteiger partial charge in [-0.15, -0.1) is 0 Å². The minimum absolute atomic E-state index is 0.172. The number of fused-ring (bicyclic) bond motifs is 1. The van der Waals surface area contributed by atoms with Crippen molar-refractivity contribution in [1.82, 2.24) is 9.38 Å². The molecule has 0 bridgehead atoms. The lowest BCUT2D eigenvalue weighted by Crippen LogP contribution is -2.32. The quantitative estimate of drug-likeness (QED) is 0.831. The van der Waals surface area contributed by atoms with Crippen LogP contribution in [0.1, 0.15) is 5.69 Å². The average Bonchev–Trinajstić information content (AvgIpc) is 2.39. The Bertz CT molecular complexity index is 704. The predicted octanol–water partition coefficient (Wildman–Crippen LogP) is 1.10. The third-order valence-electron chi connectivity index (χ3n) is 2.54. The fourth-order valence-electron chi connectivity index (χ4n) is 1.56. The van der Waals surface area contributed by atoms with Gasteiger partial charge < -0.3 is 10.8 Å². The van der Waals surface area contributed by atoms with Crippen LogP contribution in [-0.2, 0) is 10.5 Å². The molecule has 0 aromatic carbocycles. The summed E-state index contributed by atoms with van der Waals surface area (Å²) in [5.74, 6) is -0.312. The fraction of sp³-hybridized carbons (Fsp3) is 0.250. The molecule has 0 aliphatic heterocycles. The highest BCUT2D eigenvalue weighted by molar-refractivity contribution is 9.10. The van der Waals surface area contributed by atoms with E-state index in [0.717, 1.165) is 4.47 Å². The van der Waals surface area contributed by atoms with E-state index in [1.807, 2.05) is 0 Å². The number of aliphatic carboxylic acids is 1. The second-order valence-corrected chi connectivity index (χ2v) is 6.07. The van der Waals surface area contributed by atoms with Crippen LogP contribution in [0.4, 0.5) is 0 Å². The first-order chi connectivity index (χ1) is 9.47. The maximum atomic E-state index is 11.9. The zero-order valence-corrected chi connectivity index (χ0v) is 12.7. The molecule has 0 aliphatic rings. The second-order valence-electron chi connectivity index (χ2n) is 4.12. The molecule has 8 heteroatoms. The van der Waals surface area contributed by atoms with Gasteiger partial charge in [-0.25, -0.2) is 4.98 Å². The Hall–Kier alpha value is -1.38. The smallest absolute Gasteiger partial charge is 0.321 e. The Balaban J connectivity index is 2.14. The van der Waals surface area contributed by atoms with E-state index in [9.17, 15) is 9.59 Å². The van der Waals surface area contributed by atoms with Crippen LogP contribution < -0.4 is 11.3 Å². The zero-order valence-electron chi connectivity index (χ0n) is 10.3. The van der Waals surface area contributed by atoms with Crippen LogP contribution in [0.3, 0.4) is 0 Å². The molecule has 2 rings (SSSR count). The summed E-state index contributed by atoms with van der Waals surface area (Å²) in [5, 5.41) is 8.68. The molecule has 1 unspecified atom stereocenters. The van der Waals surface area contributed by atoms with Gasteiger partial charge in [-0.05, 0) is 28.1 Å². The van der Waals surface area contributed by atoms with Crippen LogP contribution in [0.2, 0.25) is 0 Å². The van der Waals surface area contributed by atoms with Crippen molar-refractivity contribution in [3.05, 3.63) is 44.9 Å². The summed E-state index contributed by atoms with van der Waals surface area (Å²) < 4.78 is 2.24. The first-order valence-electron chi connectivity index (χ1n) is 5.71. The number of nitrogens with zero attached hydrogens (tertiary/aromatic N) is 2. The topological polar surface area (TPSA) is 97.7 Å². The number of rotatable bonds is 5. The van der Waals surface area contributed by atoms with Crippen molar-refractivity contribution in [1.29, 1.82) is 0 Å². The number of nitrogens with two attached hydrogens (primary N) is 1. The van der Waals surface area contributed by atoms with Crippen molar-refractivity contribution in [2.24, 2.45) is 5.73 Å². The van der Waals surface area contributed by atoms with E-state index < -0.39 is 12.0 Å². The summed E-state index contributed by atoms with van der Waals surface area (Å²) >= 11 is 4.63. The maximum Gasteiger partial charge on any atom is 0.321 e. The lowest BCUT2D eigenvalue weighted by Gasteiger charge is -2.06. The molecule has 1 atom stereocenters. The molecule has 0 saturated carbocycles. The van der Waals surface area contributed by atoms with Gasteiger partial charge in [-0.1, -0.05) is 0 Å². The normalized spacial score (nSPS) is 12.5. The molecule has 0 saturated heterocycles. The van der Waals surface area contributed by atoms with Gasteiger partial charge in [0.25, 0.3) is 5.56 Å². The summed E-state index contributed by atoms with van der Waals surface area (Å²) in [6, 6.07) is 4.08. The highest BCUT2D eigenvalue weighted by atomic mass is 79.9. The third kappa shape index (κ3) is 3.59. The van der Waals surface area contributed by atoms with Crippen molar-refractivity contribution >= 4 is 39.3 Å². The van der Waals surface area contributed by atoms with Crippen LogP contribution in [0.5, 0.6) is 0 Å². The SMILES string of the molecule is NC(CSCc1cc(=O)n2cc(Br)ccc2n1)C(=O)O. The van der Waals surface area contributed by atoms with Gasteiger partial charge in [0.2, 0.25) is 0 Å².